The molecular weight excluding hydrogens is 290 g/mol. The fraction of sp³-hybridized carbons (Fsp3) is 0.933. The molecule has 22 heavy (non-hydrogen) atoms. The van der Waals surface area contributed by atoms with E-state index < -0.39 is 5.97 Å². The summed E-state index contributed by atoms with van der Waals surface area (Å²) in [5.41, 5.74) is 5.92. The van der Waals surface area contributed by atoms with Gasteiger partial charge in [0.2, 0.25) is 0 Å². The quantitative estimate of drug-likeness (QED) is 0.386. The van der Waals surface area contributed by atoms with Crippen molar-refractivity contribution in [3.05, 3.63) is 0 Å². The molecule has 0 spiro atoms. The molecule has 0 aromatic carbocycles. The largest absolute Gasteiger partial charge is 0.480 e. The van der Waals surface area contributed by atoms with Crippen LogP contribution in [-0.2, 0) is 23.7 Å². The molecule has 3 N–H and O–H groups in total. The summed E-state index contributed by atoms with van der Waals surface area (Å²) in [6.07, 6.45) is 4.59. The first-order valence-corrected chi connectivity index (χ1v) is 7.95. The number of carboxylic acid groups (broad SMARTS) is 1. The molecule has 0 saturated heterocycles. The Kier molecular flexibility index (Phi) is 16.1. The summed E-state index contributed by atoms with van der Waals surface area (Å²) in [7, 11) is 0. The van der Waals surface area contributed by atoms with Crippen LogP contribution in [0.15, 0.2) is 0 Å². The molecule has 0 heterocycles. The van der Waals surface area contributed by atoms with Crippen LogP contribution in [0, 0.1) is 0 Å². The minimum Gasteiger partial charge on any atom is -0.480 e. The van der Waals surface area contributed by atoms with Gasteiger partial charge in [-0.05, 0) is 6.42 Å². The van der Waals surface area contributed by atoms with E-state index in [9.17, 15) is 4.79 Å². The van der Waals surface area contributed by atoms with E-state index in [4.69, 9.17) is 29.8 Å². The summed E-state index contributed by atoms with van der Waals surface area (Å²) in [4.78, 5) is 10.2. The Bertz CT molecular complexity index is 252. The van der Waals surface area contributed by atoms with Crippen molar-refractivity contribution in [3.63, 3.8) is 0 Å². The van der Waals surface area contributed by atoms with E-state index in [1.165, 1.54) is 12.8 Å². The first kappa shape index (κ1) is 21.3. The lowest BCUT2D eigenvalue weighted by Crippen LogP contribution is -2.27. The number of carboxylic acids is 1. The molecule has 0 rings (SSSR count). The highest BCUT2D eigenvalue weighted by Crippen LogP contribution is 2.01. The number of ether oxygens (including phenoxy) is 4. The molecule has 0 aliphatic carbocycles. The Morgan fingerprint density at radius 1 is 0.955 bits per heavy atom. The summed E-state index contributed by atoms with van der Waals surface area (Å²) in [6.45, 7) is 5.06. The first-order valence-electron chi connectivity index (χ1n) is 7.95. The van der Waals surface area contributed by atoms with Gasteiger partial charge in [-0.25, -0.2) is 4.79 Å². The highest BCUT2D eigenvalue weighted by Gasteiger charge is 2.02. The number of carbonyl (C=O) groups is 1. The third kappa shape index (κ3) is 17.3. The zero-order valence-electron chi connectivity index (χ0n) is 13.6. The SMILES string of the molecule is CCCCCC(N)COCCOCCOCCOCC(=O)O. The third-order valence-corrected chi connectivity index (χ3v) is 2.85. The molecule has 0 radical (unpaired) electrons. The maximum absolute atomic E-state index is 10.2. The lowest BCUT2D eigenvalue weighted by atomic mass is 10.1. The second-order valence-corrected chi connectivity index (χ2v) is 5.00. The predicted octanol–water partition coefficient (Wildman–Crippen LogP) is 1.05. The minimum atomic E-state index is -0.978. The molecule has 0 bridgehead atoms. The maximum Gasteiger partial charge on any atom is 0.329 e. The second kappa shape index (κ2) is 16.6. The minimum absolute atomic E-state index is 0.112. The number of nitrogens with two attached hydrogens (primary N) is 1. The molecule has 0 amide bonds. The van der Waals surface area contributed by atoms with Crippen molar-refractivity contribution >= 4 is 5.97 Å². The van der Waals surface area contributed by atoms with Gasteiger partial charge >= 0.3 is 5.97 Å². The molecular formula is C15H31NO6. The summed E-state index contributed by atoms with van der Waals surface area (Å²) in [6, 6.07) is 0.112. The van der Waals surface area contributed by atoms with Crippen molar-refractivity contribution in [3.8, 4) is 0 Å². The van der Waals surface area contributed by atoms with Crippen molar-refractivity contribution < 1.29 is 28.8 Å². The standard InChI is InChI=1S/C15H31NO6/c1-2-3-4-5-14(16)12-21-10-8-19-6-7-20-9-11-22-13-15(17)18/h14H,2-13,16H2,1H3,(H,17,18). The highest BCUT2D eigenvalue weighted by atomic mass is 16.6. The Hall–Kier alpha value is -0.730. The zero-order valence-corrected chi connectivity index (χ0v) is 13.6. The van der Waals surface area contributed by atoms with Gasteiger partial charge < -0.3 is 29.8 Å². The Labute approximate surface area is 133 Å². The summed E-state index contributed by atoms with van der Waals surface area (Å²) < 4.78 is 20.8. The maximum atomic E-state index is 10.2. The molecule has 0 fully saturated rings. The topological polar surface area (TPSA) is 100 Å². The smallest absolute Gasteiger partial charge is 0.329 e. The van der Waals surface area contributed by atoms with Crippen LogP contribution < -0.4 is 5.73 Å². The summed E-state index contributed by atoms with van der Waals surface area (Å²) >= 11 is 0. The van der Waals surface area contributed by atoms with E-state index in [-0.39, 0.29) is 19.3 Å². The number of rotatable bonds is 17. The average Bonchev–Trinajstić information content (AvgIpc) is 2.48. The Balaban J connectivity index is 3.09. The van der Waals surface area contributed by atoms with E-state index in [2.05, 4.69) is 6.92 Å². The average molecular weight is 321 g/mol. The molecule has 0 aliphatic rings. The highest BCUT2D eigenvalue weighted by molar-refractivity contribution is 5.67. The van der Waals surface area contributed by atoms with E-state index >= 15 is 0 Å². The second-order valence-electron chi connectivity index (χ2n) is 5.00. The van der Waals surface area contributed by atoms with Crippen LogP contribution in [-0.4, -0.2) is 70.0 Å². The van der Waals surface area contributed by atoms with Gasteiger partial charge in [0.25, 0.3) is 0 Å². The molecule has 0 saturated carbocycles. The van der Waals surface area contributed by atoms with Gasteiger partial charge in [-0.1, -0.05) is 26.2 Å². The van der Waals surface area contributed by atoms with Crippen molar-refractivity contribution in [2.24, 2.45) is 5.73 Å². The Morgan fingerprint density at radius 2 is 1.50 bits per heavy atom. The van der Waals surface area contributed by atoms with Gasteiger partial charge in [-0.3, -0.25) is 0 Å². The summed E-state index contributed by atoms with van der Waals surface area (Å²) in [5.74, 6) is -0.978. The van der Waals surface area contributed by atoms with E-state index in [1.54, 1.807) is 0 Å². The van der Waals surface area contributed by atoms with Crippen LogP contribution in [0.4, 0.5) is 0 Å². The van der Waals surface area contributed by atoms with Gasteiger partial charge in [-0.15, -0.1) is 0 Å². The monoisotopic (exact) mass is 321 g/mol. The lowest BCUT2D eigenvalue weighted by molar-refractivity contribution is -0.142. The third-order valence-electron chi connectivity index (χ3n) is 2.85. The number of aliphatic carboxylic acids is 1. The normalized spacial score (nSPS) is 12.5. The van der Waals surface area contributed by atoms with Crippen molar-refractivity contribution in [2.45, 2.75) is 38.6 Å². The van der Waals surface area contributed by atoms with Crippen molar-refractivity contribution in [2.75, 3.05) is 52.9 Å². The lowest BCUT2D eigenvalue weighted by Gasteiger charge is -2.12. The van der Waals surface area contributed by atoms with E-state index in [1.807, 2.05) is 0 Å². The van der Waals surface area contributed by atoms with Gasteiger partial charge in [0.1, 0.15) is 6.61 Å². The molecule has 1 unspecified atom stereocenters. The van der Waals surface area contributed by atoms with Crippen LogP contribution in [0.25, 0.3) is 0 Å². The number of unbranched alkanes of at least 4 members (excludes halogenated alkanes) is 2. The van der Waals surface area contributed by atoms with Crippen molar-refractivity contribution in [1.82, 2.24) is 0 Å². The van der Waals surface area contributed by atoms with Crippen LogP contribution in [0.1, 0.15) is 32.6 Å². The molecule has 0 aliphatic heterocycles. The molecule has 132 valence electrons. The van der Waals surface area contributed by atoms with E-state index in [0.29, 0.717) is 39.6 Å². The molecule has 1 atom stereocenters. The van der Waals surface area contributed by atoms with Crippen LogP contribution in [0.5, 0.6) is 0 Å². The van der Waals surface area contributed by atoms with Gasteiger partial charge in [0.15, 0.2) is 0 Å². The molecule has 0 aromatic heterocycles. The fourth-order valence-electron chi connectivity index (χ4n) is 1.69. The number of hydrogen-bond acceptors (Lipinski definition) is 6. The van der Waals surface area contributed by atoms with Gasteiger partial charge in [-0.2, -0.15) is 0 Å². The van der Waals surface area contributed by atoms with Crippen LogP contribution in [0.2, 0.25) is 0 Å². The molecule has 7 nitrogen and oxygen atoms in total. The van der Waals surface area contributed by atoms with E-state index in [0.717, 1.165) is 12.8 Å². The first-order chi connectivity index (χ1) is 10.7. The van der Waals surface area contributed by atoms with Crippen molar-refractivity contribution in [1.29, 1.82) is 0 Å². The van der Waals surface area contributed by atoms with Crippen LogP contribution in [0.3, 0.4) is 0 Å². The fourth-order valence-corrected chi connectivity index (χ4v) is 1.69. The van der Waals surface area contributed by atoms with Gasteiger partial charge in [0, 0.05) is 6.04 Å². The predicted molar refractivity (Wildman–Crippen MR) is 83.0 cm³/mol. The molecule has 7 heteroatoms. The number of hydrogen-bond donors (Lipinski definition) is 2. The zero-order chi connectivity index (χ0) is 16.5. The Morgan fingerprint density at radius 3 is 2.05 bits per heavy atom. The summed E-state index contributed by atoms with van der Waals surface area (Å²) in [5, 5.41) is 8.34. The van der Waals surface area contributed by atoms with Crippen LogP contribution >= 0.6 is 0 Å². The molecule has 0 aromatic rings. The van der Waals surface area contributed by atoms with Gasteiger partial charge in [0.05, 0.1) is 46.2 Å².